The Labute approximate surface area is 199 Å². The first-order chi connectivity index (χ1) is 15.9. The van der Waals surface area contributed by atoms with Crippen LogP contribution in [0, 0.1) is 13.8 Å². The maximum atomic E-state index is 13.6. The quantitative estimate of drug-likeness (QED) is 0.401. The fourth-order valence-electron chi connectivity index (χ4n) is 3.96. The molecule has 4 rings (SSSR count). The number of nitrogens with zero attached hydrogens (tertiary/aromatic N) is 1. The number of aryl methyl sites for hydroxylation is 3. The summed E-state index contributed by atoms with van der Waals surface area (Å²) in [6.45, 7) is 6.06. The summed E-state index contributed by atoms with van der Waals surface area (Å²) in [6, 6.07) is 20.7. The van der Waals surface area contributed by atoms with E-state index in [4.69, 9.17) is 11.6 Å². The summed E-state index contributed by atoms with van der Waals surface area (Å²) in [6.07, 6.45) is 3.20. The zero-order valence-corrected chi connectivity index (χ0v) is 19.9. The average molecular weight is 459 g/mol. The average Bonchev–Trinajstić information content (AvgIpc) is 3.04. The molecule has 0 saturated heterocycles. The van der Waals surface area contributed by atoms with Crippen molar-refractivity contribution >= 4 is 40.4 Å². The van der Waals surface area contributed by atoms with Gasteiger partial charge in [0.25, 0.3) is 11.8 Å². The molecule has 0 bridgehead atoms. The SMILES string of the molecule is CCCCc1ccc(N2C(=O)C(Nc3ccc(Cl)cc3C)=C(c3ccc(C)cc3)C2=O)cc1. The first kappa shape index (κ1) is 22.8. The molecule has 0 atom stereocenters. The number of carbonyl (C=O) groups excluding carboxylic acids is 2. The van der Waals surface area contributed by atoms with Crippen LogP contribution < -0.4 is 10.2 Å². The molecule has 2 amide bonds. The molecule has 0 spiro atoms. The van der Waals surface area contributed by atoms with Crippen LogP contribution in [0.5, 0.6) is 0 Å². The molecular formula is C28H27ClN2O2. The Hall–Kier alpha value is -3.37. The van der Waals surface area contributed by atoms with Gasteiger partial charge in [-0.2, -0.15) is 0 Å². The summed E-state index contributed by atoms with van der Waals surface area (Å²) >= 11 is 6.10. The molecule has 0 radical (unpaired) electrons. The zero-order valence-electron chi connectivity index (χ0n) is 19.1. The van der Waals surface area contributed by atoms with Crippen molar-refractivity contribution in [3.8, 4) is 0 Å². The number of unbranched alkanes of at least 4 members (excludes halogenated alkanes) is 1. The molecule has 5 heteroatoms. The second-order valence-electron chi connectivity index (χ2n) is 8.42. The molecule has 1 aliphatic heterocycles. The number of hydrogen-bond donors (Lipinski definition) is 1. The molecule has 33 heavy (non-hydrogen) atoms. The minimum atomic E-state index is -0.369. The van der Waals surface area contributed by atoms with E-state index >= 15 is 0 Å². The van der Waals surface area contributed by atoms with Crippen molar-refractivity contribution in [1.82, 2.24) is 0 Å². The minimum Gasteiger partial charge on any atom is -0.350 e. The Morgan fingerprint density at radius 2 is 1.58 bits per heavy atom. The third-order valence-electron chi connectivity index (χ3n) is 5.89. The van der Waals surface area contributed by atoms with Crippen molar-refractivity contribution in [2.75, 3.05) is 10.2 Å². The van der Waals surface area contributed by atoms with Crippen molar-refractivity contribution < 1.29 is 9.59 Å². The fourth-order valence-corrected chi connectivity index (χ4v) is 4.19. The normalized spacial score (nSPS) is 13.8. The Balaban J connectivity index is 1.74. The van der Waals surface area contributed by atoms with E-state index in [0.717, 1.165) is 36.1 Å². The third-order valence-corrected chi connectivity index (χ3v) is 6.12. The number of imide groups is 1. The molecule has 1 aliphatic rings. The van der Waals surface area contributed by atoms with Gasteiger partial charge in [0.1, 0.15) is 5.70 Å². The molecule has 168 valence electrons. The lowest BCUT2D eigenvalue weighted by atomic mass is 10.0. The van der Waals surface area contributed by atoms with E-state index in [1.807, 2.05) is 74.5 Å². The lowest BCUT2D eigenvalue weighted by Crippen LogP contribution is -2.32. The van der Waals surface area contributed by atoms with Crippen LogP contribution in [-0.4, -0.2) is 11.8 Å². The Bertz CT molecular complexity index is 1230. The van der Waals surface area contributed by atoms with Gasteiger partial charge in [-0.05, 0) is 73.7 Å². The van der Waals surface area contributed by atoms with Crippen LogP contribution in [0.2, 0.25) is 5.02 Å². The van der Waals surface area contributed by atoms with Gasteiger partial charge in [0, 0.05) is 10.7 Å². The second kappa shape index (κ2) is 9.63. The number of nitrogens with one attached hydrogen (secondary N) is 1. The molecule has 0 aliphatic carbocycles. The van der Waals surface area contributed by atoms with Crippen molar-refractivity contribution in [2.45, 2.75) is 40.0 Å². The van der Waals surface area contributed by atoms with E-state index in [0.29, 0.717) is 21.8 Å². The van der Waals surface area contributed by atoms with E-state index in [-0.39, 0.29) is 17.5 Å². The monoisotopic (exact) mass is 458 g/mol. The number of amides is 2. The Kier molecular flexibility index (Phi) is 6.66. The van der Waals surface area contributed by atoms with Crippen LogP contribution in [0.15, 0.2) is 72.4 Å². The number of carbonyl (C=O) groups is 2. The molecule has 0 saturated carbocycles. The maximum absolute atomic E-state index is 13.6. The van der Waals surface area contributed by atoms with Crippen molar-refractivity contribution in [2.24, 2.45) is 0 Å². The summed E-state index contributed by atoms with van der Waals surface area (Å²) in [4.78, 5) is 28.4. The standard InChI is InChI=1S/C28H27ClN2O2/c1-4-5-6-20-9-14-23(15-10-20)31-27(32)25(21-11-7-18(2)8-12-21)26(28(31)33)30-24-16-13-22(29)17-19(24)3/h7-17,30H,4-6H2,1-3H3. The van der Waals surface area contributed by atoms with Gasteiger partial charge in [0.05, 0.1) is 11.3 Å². The Morgan fingerprint density at radius 3 is 2.21 bits per heavy atom. The molecule has 3 aromatic rings. The molecule has 3 aromatic carbocycles. The van der Waals surface area contributed by atoms with E-state index in [2.05, 4.69) is 12.2 Å². The highest BCUT2D eigenvalue weighted by atomic mass is 35.5. The summed E-state index contributed by atoms with van der Waals surface area (Å²) in [7, 11) is 0. The summed E-state index contributed by atoms with van der Waals surface area (Å²) in [5, 5.41) is 3.84. The van der Waals surface area contributed by atoms with Crippen molar-refractivity contribution in [3.63, 3.8) is 0 Å². The van der Waals surface area contributed by atoms with Crippen LogP contribution in [0.3, 0.4) is 0 Å². The smallest absolute Gasteiger partial charge is 0.282 e. The van der Waals surface area contributed by atoms with Crippen LogP contribution in [0.25, 0.3) is 5.57 Å². The van der Waals surface area contributed by atoms with Gasteiger partial charge < -0.3 is 5.32 Å². The van der Waals surface area contributed by atoms with Gasteiger partial charge in [-0.15, -0.1) is 0 Å². The fraction of sp³-hybridized carbons (Fsp3) is 0.214. The summed E-state index contributed by atoms with van der Waals surface area (Å²) in [5.41, 5.74) is 5.80. The zero-order chi connectivity index (χ0) is 23.5. The van der Waals surface area contributed by atoms with Gasteiger partial charge in [0.2, 0.25) is 0 Å². The molecule has 0 aromatic heterocycles. The van der Waals surface area contributed by atoms with E-state index < -0.39 is 0 Å². The van der Waals surface area contributed by atoms with Crippen molar-refractivity contribution in [3.05, 3.63) is 99.7 Å². The van der Waals surface area contributed by atoms with Crippen LogP contribution in [-0.2, 0) is 16.0 Å². The van der Waals surface area contributed by atoms with E-state index in [1.165, 1.54) is 10.5 Å². The predicted octanol–water partition coefficient (Wildman–Crippen LogP) is 6.70. The van der Waals surface area contributed by atoms with Crippen LogP contribution in [0.1, 0.15) is 42.0 Å². The number of rotatable bonds is 7. The first-order valence-electron chi connectivity index (χ1n) is 11.2. The van der Waals surface area contributed by atoms with Gasteiger partial charge in [-0.3, -0.25) is 9.59 Å². The number of halogens is 1. The first-order valence-corrected chi connectivity index (χ1v) is 11.6. The van der Waals surface area contributed by atoms with Crippen LogP contribution in [0.4, 0.5) is 11.4 Å². The van der Waals surface area contributed by atoms with Gasteiger partial charge in [-0.1, -0.05) is 66.9 Å². The lowest BCUT2D eigenvalue weighted by Gasteiger charge is -2.16. The minimum absolute atomic E-state index is 0.268. The lowest BCUT2D eigenvalue weighted by molar-refractivity contribution is -0.120. The van der Waals surface area contributed by atoms with Crippen LogP contribution >= 0.6 is 11.6 Å². The molecular weight excluding hydrogens is 432 g/mol. The van der Waals surface area contributed by atoms with Crippen molar-refractivity contribution in [1.29, 1.82) is 0 Å². The number of benzene rings is 3. The van der Waals surface area contributed by atoms with Gasteiger partial charge >= 0.3 is 0 Å². The molecule has 0 unspecified atom stereocenters. The highest BCUT2D eigenvalue weighted by Crippen LogP contribution is 2.35. The highest BCUT2D eigenvalue weighted by molar-refractivity contribution is 6.46. The predicted molar refractivity (Wildman–Crippen MR) is 135 cm³/mol. The van der Waals surface area contributed by atoms with Gasteiger partial charge in [0.15, 0.2) is 0 Å². The van der Waals surface area contributed by atoms with E-state index in [1.54, 1.807) is 6.07 Å². The third kappa shape index (κ3) is 4.71. The highest BCUT2D eigenvalue weighted by Gasteiger charge is 2.40. The summed E-state index contributed by atoms with van der Waals surface area (Å²) in [5.74, 6) is -0.703. The molecule has 1 heterocycles. The maximum Gasteiger partial charge on any atom is 0.282 e. The number of hydrogen-bond acceptors (Lipinski definition) is 3. The van der Waals surface area contributed by atoms with Gasteiger partial charge in [-0.25, -0.2) is 4.90 Å². The molecule has 0 fully saturated rings. The second-order valence-corrected chi connectivity index (χ2v) is 8.85. The Morgan fingerprint density at radius 1 is 0.879 bits per heavy atom. The largest absolute Gasteiger partial charge is 0.350 e. The summed E-state index contributed by atoms with van der Waals surface area (Å²) < 4.78 is 0. The topological polar surface area (TPSA) is 49.4 Å². The van der Waals surface area contributed by atoms with E-state index in [9.17, 15) is 9.59 Å². The molecule has 1 N–H and O–H groups in total. The number of anilines is 2. The molecule has 4 nitrogen and oxygen atoms in total.